The van der Waals surface area contributed by atoms with Crippen molar-refractivity contribution in [3.63, 3.8) is 0 Å². The fraction of sp³-hybridized carbons (Fsp3) is 0.421. The predicted molar refractivity (Wildman–Crippen MR) is 102 cm³/mol. The van der Waals surface area contributed by atoms with Crippen LogP contribution >= 0.6 is 11.3 Å². The molecule has 1 heterocycles. The third-order valence-electron chi connectivity index (χ3n) is 3.54. The van der Waals surface area contributed by atoms with Crippen LogP contribution in [0.1, 0.15) is 45.3 Å². The Balaban J connectivity index is 2.01. The summed E-state index contributed by atoms with van der Waals surface area (Å²) in [7, 11) is 0. The Morgan fingerprint density at radius 3 is 2.36 bits per heavy atom. The summed E-state index contributed by atoms with van der Waals surface area (Å²) in [6, 6.07) is 5.92. The summed E-state index contributed by atoms with van der Waals surface area (Å²) in [5.74, 6) is 0.137. The average molecular weight is 359 g/mol. The fourth-order valence-electron chi connectivity index (χ4n) is 2.51. The maximum atomic E-state index is 12.3. The van der Waals surface area contributed by atoms with E-state index in [9.17, 15) is 9.59 Å². The summed E-state index contributed by atoms with van der Waals surface area (Å²) in [4.78, 5) is 29.4. The Labute approximate surface area is 152 Å². The van der Waals surface area contributed by atoms with E-state index in [0.29, 0.717) is 28.0 Å². The minimum atomic E-state index is -0.132. The minimum Gasteiger partial charge on any atom is -0.351 e. The highest BCUT2D eigenvalue weighted by Crippen LogP contribution is 2.20. The molecule has 6 heteroatoms. The summed E-state index contributed by atoms with van der Waals surface area (Å²) in [6.45, 7) is 10.5. The van der Waals surface area contributed by atoms with Gasteiger partial charge in [-0.05, 0) is 49.9 Å². The van der Waals surface area contributed by atoms with Gasteiger partial charge >= 0.3 is 0 Å². The number of carbonyl (C=O) groups is 2. The molecule has 0 spiro atoms. The molecule has 0 aliphatic carbocycles. The number of aryl methyl sites for hydroxylation is 3. The molecule has 2 aromatic rings. The molecule has 0 unspecified atom stereocenters. The SMILES string of the molecule is Cc1cc(C)cc(NC(=O)Cc2nc(C)c(C(=O)NCC(C)C)s2)c1. The molecule has 0 radical (unpaired) electrons. The first-order valence-electron chi connectivity index (χ1n) is 8.37. The van der Waals surface area contributed by atoms with Crippen molar-refractivity contribution in [1.82, 2.24) is 10.3 Å². The monoisotopic (exact) mass is 359 g/mol. The zero-order valence-electron chi connectivity index (χ0n) is 15.4. The summed E-state index contributed by atoms with van der Waals surface area (Å²) in [5.41, 5.74) is 3.65. The molecule has 2 amide bonds. The second-order valence-electron chi connectivity index (χ2n) is 6.73. The topological polar surface area (TPSA) is 71.1 Å². The summed E-state index contributed by atoms with van der Waals surface area (Å²) in [6.07, 6.45) is 0.163. The molecule has 2 rings (SSSR count). The van der Waals surface area contributed by atoms with Crippen LogP contribution in [0.3, 0.4) is 0 Å². The molecule has 25 heavy (non-hydrogen) atoms. The van der Waals surface area contributed by atoms with Crippen LogP contribution in [-0.4, -0.2) is 23.3 Å². The van der Waals surface area contributed by atoms with E-state index in [2.05, 4.69) is 21.7 Å². The van der Waals surface area contributed by atoms with Gasteiger partial charge in [-0.25, -0.2) is 4.98 Å². The zero-order chi connectivity index (χ0) is 18.6. The van der Waals surface area contributed by atoms with Gasteiger partial charge in [-0.2, -0.15) is 0 Å². The van der Waals surface area contributed by atoms with Crippen molar-refractivity contribution in [2.24, 2.45) is 5.92 Å². The van der Waals surface area contributed by atoms with E-state index in [0.717, 1.165) is 16.8 Å². The van der Waals surface area contributed by atoms with Gasteiger partial charge < -0.3 is 10.6 Å². The zero-order valence-corrected chi connectivity index (χ0v) is 16.2. The number of rotatable bonds is 6. The molecular formula is C19H25N3O2S. The first kappa shape index (κ1) is 19.1. The van der Waals surface area contributed by atoms with Gasteiger partial charge in [0.2, 0.25) is 5.91 Å². The van der Waals surface area contributed by atoms with Crippen molar-refractivity contribution < 1.29 is 9.59 Å². The quantitative estimate of drug-likeness (QED) is 0.827. The minimum absolute atomic E-state index is 0.121. The van der Waals surface area contributed by atoms with Crippen LogP contribution in [0.5, 0.6) is 0 Å². The summed E-state index contributed by atoms with van der Waals surface area (Å²) in [5, 5.41) is 6.43. The Bertz CT molecular complexity index is 761. The molecular weight excluding hydrogens is 334 g/mol. The van der Waals surface area contributed by atoms with Crippen molar-refractivity contribution in [3.05, 3.63) is 44.9 Å². The first-order chi connectivity index (χ1) is 11.7. The second kappa shape index (κ2) is 8.25. The number of hydrogen-bond acceptors (Lipinski definition) is 4. The molecule has 0 aliphatic heterocycles. The normalized spacial score (nSPS) is 10.8. The van der Waals surface area contributed by atoms with Gasteiger partial charge in [0, 0.05) is 12.2 Å². The lowest BCUT2D eigenvalue weighted by Crippen LogP contribution is -2.27. The number of hydrogen-bond donors (Lipinski definition) is 2. The van der Waals surface area contributed by atoms with Crippen LogP contribution in [0, 0.1) is 26.7 Å². The van der Waals surface area contributed by atoms with Crippen molar-refractivity contribution in [1.29, 1.82) is 0 Å². The second-order valence-corrected chi connectivity index (χ2v) is 7.81. The molecule has 0 saturated heterocycles. The van der Waals surface area contributed by atoms with Gasteiger partial charge in [0.05, 0.1) is 12.1 Å². The molecule has 1 aromatic heterocycles. The Morgan fingerprint density at radius 1 is 1.12 bits per heavy atom. The molecule has 0 bridgehead atoms. The molecule has 1 aromatic carbocycles. The largest absolute Gasteiger partial charge is 0.351 e. The highest BCUT2D eigenvalue weighted by molar-refractivity contribution is 7.13. The molecule has 2 N–H and O–H groups in total. The van der Waals surface area contributed by atoms with Crippen LogP contribution in [0.4, 0.5) is 5.69 Å². The van der Waals surface area contributed by atoms with Crippen LogP contribution < -0.4 is 10.6 Å². The lowest BCUT2D eigenvalue weighted by molar-refractivity contribution is -0.115. The molecule has 0 saturated carbocycles. The predicted octanol–water partition coefficient (Wildman–Crippen LogP) is 3.64. The van der Waals surface area contributed by atoms with Crippen LogP contribution in [0.15, 0.2) is 18.2 Å². The number of benzene rings is 1. The number of anilines is 1. The lowest BCUT2D eigenvalue weighted by atomic mass is 10.1. The molecule has 5 nitrogen and oxygen atoms in total. The van der Waals surface area contributed by atoms with Gasteiger partial charge in [0.1, 0.15) is 9.88 Å². The van der Waals surface area contributed by atoms with E-state index in [-0.39, 0.29) is 18.2 Å². The maximum absolute atomic E-state index is 12.3. The highest BCUT2D eigenvalue weighted by atomic mass is 32.1. The number of thiazole rings is 1. The van der Waals surface area contributed by atoms with Gasteiger partial charge in [0.15, 0.2) is 0 Å². The van der Waals surface area contributed by atoms with Crippen LogP contribution in [0.2, 0.25) is 0 Å². The van der Waals surface area contributed by atoms with E-state index >= 15 is 0 Å². The molecule has 0 aliphatic rings. The fourth-order valence-corrected chi connectivity index (χ4v) is 3.48. The number of aromatic nitrogens is 1. The number of carbonyl (C=O) groups excluding carboxylic acids is 2. The van der Waals surface area contributed by atoms with Gasteiger partial charge in [0.25, 0.3) is 5.91 Å². The Morgan fingerprint density at radius 2 is 1.76 bits per heavy atom. The molecule has 0 atom stereocenters. The van der Waals surface area contributed by atoms with Crippen molar-refractivity contribution in [2.45, 2.75) is 41.0 Å². The Kier molecular flexibility index (Phi) is 6.31. The van der Waals surface area contributed by atoms with Crippen molar-refractivity contribution in [2.75, 3.05) is 11.9 Å². The smallest absolute Gasteiger partial charge is 0.263 e. The van der Waals surface area contributed by atoms with Crippen molar-refractivity contribution in [3.8, 4) is 0 Å². The lowest BCUT2D eigenvalue weighted by Gasteiger charge is -2.06. The van der Waals surface area contributed by atoms with Crippen LogP contribution in [-0.2, 0) is 11.2 Å². The molecule has 134 valence electrons. The third-order valence-corrected chi connectivity index (χ3v) is 4.69. The summed E-state index contributed by atoms with van der Waals surface area (Å²) >= 11 is 1.28. The van der Waals surface area contributed by atoms with E-state index < -0.39 is 0 Å². The van der Waals surface area contributed by atoms with Gasteiger partial charge in [-0.15, -0.1) is 11.3 Å². The van der Waals surface area contributed by atoms with E-state index in [4.69, 9.17) is 0 Å². The van der Waals surface area contributed by atoms with Gasteiger partial charge in [-0.3, -0.25) is 9.59 Å². The standard InChI is InChI=1S/C19H25N3O2S/c1-11(2)10-20-19(24)18-14(5)21-17(25-18)9-16(23)22-15-7-12(3)6-13(4)8-15/h6-8,11H,9-10H2,1-5H3,(H,20,24)(H,22,23). The maximum Gasteiger partial charge on any atom is 0.263 e. The van der Waals surface area contributed by atoms with Crippen LogP contribution in [0.25, 0.3) is 0 Å². The number of amides is 2. The third kappa shape index (κ3) is 5.67. The van der Waals surface area contributed by atoms with Gasteiger partial charge in [-0.1, -0.05) is 19.9 Å². The highest BCUT2D eigenvalue weighted by Gasteiger charge is 2.17. The number of nitrogens with one attached hydrogen (secondary N) is 2. The van der Waals surface area contributed by atoms with E-state index in [1.165, 1.54) is 11.3 Å². The van der Waals surface area contributed by atoms with Crippen molar-refractivity contribution >= 4 is 28.8 Å². The van der Waals surface area contributed by atoms with E-state index in [1.54, 1.807) is 6.92 Å². The summed E-state index contributed by atoms with van der Waals surface area (Å²) < 4.78 is 0. The van der Waals surface area contributed by atoms with E-state index in [1.807, 2.05) is 39.8 Å². The first-order valence-corrected chi connectivity index (χ1v) is 9.19. The average Bonchev–Trinajstić information content (AvgIpc) is 2.83. The Hall–Kier alpha value is -2.21. The number of nitrogens with zero attached hydrogens (tertiary/aromatic N) is 1. The molecule has 0 fully saturated rings.